The predicted octanol–water partition coefficient (Wildman–Crippen LogP) is -0.164. The van der Waals surface area contributed by atoms with E-state index in [1.165, 1.54) is 6.08 Å². The second-order valence-electron chi connectivity index (χ2n) is 0.919. The summed E-state index contributed by atoms with van der Waals surface area (Å²) >= 11 is 0. The van der Waals surface area contributed by atoms with Crippen LogP contribution in [-0.4, -0.2) is 29.2 Å². The zero-order valence-electron chi connectivity index (χ0n) is 5.97. The van der Waals surface area contributed by atoms with Gasteiger partial charge in [0, 0.05) is 0 Å². The van der Waals surface area contributed by atoms with Gasteiger partial charge in [-0.15, -0.1) is 6.58 Å². The number of hydrogen-bond donors (Lipinski definition) is 5. The Bertz CT molecular complexity index is 145. The van der Waals surface area contributed by atoms with Crippen LogP contribution in [0, 0.1) is 0 Å². The quantitative estimate of drug-likeness (QED) is 0.283. The van der Waals surface area contributed by atoms with E-state index in [1.54, 1.807) is 0 Å². The van der Waals surface area contributed by atoms with Gasteiger partial charge in [0.25, 0.3) is 0 Å². The van der Waals surface area contributed by atoms with Crippen molar-refractivity contribution in [3.63, 3.8) is 0 Å². The van der Waals surface area contributed by atoms with Crippen LogP contribution in [0.3, 0.4) is 0 Å². The van der Waals surface area contributed by atoms with E-state index < -0.39 is 10.4 Å². The summed E-state index contributed by atoms with van der Waals surface area (Å²) in [5, 5.41) is 7.76. The number of rotatable bonds is 1. The summed E-state index contributed by atoms with van der Waals surface area (Å²) in [7, 11) is -4.67. The highest BCUT2D eigenvalue weighted by Gasteiger charge is 1.84. The van der Waals surface area contributed by atoms with Crippen molar-refractivity contribution >= 4 is 10.4 Å². The zero-order chi connectivity index (χ0) is 7.91. The Morgan fingerprint density at radius 2 is 1.36 bits per heavy atom. The van der Waals surface area contributed by atoms with Crippen molar-refractivity contribution in [2.45, 2.75) is 0 Å². The van der Waals surface area contributed by atoms with Gasteiger partial charge in [-0.05, 0) is 0 Å². The van der Waals surface area contributed by atoms with Crippen LogP contribution in [0.15, 0.2) is 12.7 Å². The molecule has 0 aliphatic carbocycles. The largest absolute Gasteiger partial charge is 0.394 e. The molecule has 0 radical (unpaired) electrons. The summed E-state index contributed by atoms with van der Waals surface area (Å²) in [6, 6.07) is 0. The third kappa shape index (κ3) is 2220. The van der Waals surface area contributed by atoms with Crippen LogP contribution in [-0.2, 0) is 10.4 Å². The van der Waals surface area contributed by atoms with E-state index in [0.717, 1.165) is 0 Å². The average molecular weight is 190 g/mol. The fourth-order valence-electron chi connectivity index (χ4n) is 0. The summed E-state index contributed by atoms with van der Waals surface area (Å²) in [6.07, 6.45) is 1.43. The molecule has 0 spiro atoms. The Morgan fingerprint density at radius 3 is 1.36 bits per heavy atom. The highest BCUT2D eigenvalue weighted by atomic mass is 32.3. The minimum Gasteiger partial charge on any atom is -0.392 e. The molecule has 0 fully saturated rings. The number of aliphatic hydroxyl groups is 1. The van der Waals surface area contributed by atoms with Crippen molar-refractivity contribution in [2.75, 3.05) is 6.61 Å². The summed E-state index contributed by atoms with van der Waals surface area (Å²) in [6.45, 7) is 3.31. The molecule has 0 aliphatic heterocycles. The van der Waals surface area contributed by atoms with Crippen molar-refractivity contribution in [2.24, 2.45) is 0 Å². The normalized spacial score (nSPS) is 7.55. The first kappa shape index (κ1) is 22.4. The molecule has 0 rings (SSSR count). The van der Waals surface area contributed by atoms with Crippen LogP contribution in [0.4, 0.5) is 0 Å². The second kappa shape index (κ2) is 12.2. The van der Waals surface area contributed by atoms with E-state index in [4.69, 9.17) is 22.6 Å². The van der Waals surface area contributed by atoms with Crippen LogP contribution in [0.25, 0.3) is 0 Å². The van der Waals surface area contributed by atoms with E-state index in [2.05, 4.69) is 6.58 Å². The van der Waals surface area contributed by atoms with Crippen LogP contribution in [0.2, 0.25) is 0 Å². The lowest BCUT2D eigenvalue weighted by Crippen LogP contribution is -1.89. The first-order chi connectivity index (χ1) is 3.91. The van der Waals surface area contributed by atoms with Crippen molar-refractivity contribution < 1.29 is 22.6 Å². The Hall–Kier alpha value is -0.510. The SMILES string of the molecule is C=CCO.N.N.O=S(=O)(O)O. The Morgan fingerprint density at radius 1 is 1.27 bits per heavy atom. The monoisotopic (exact) mass is 190 g/mol. The van der Waals surface area contributed by atoms with Gasteiger partial charge in [0.1, 0.15) is 0 Å². The fourth-order valence-corrected chi connectivity index (χ4v) is 0. The standard InChI is InChI=1S/C3H6O.2H3N.H2O4S/c1-2-3-4;;;1-5(2,3)4/h2,4H,1,3H2;2*1H3;(H2,1,2,3,4). The maximum Gasteiger partial charge on any atom is 0.394 e. The van der Waals surface area contributed by atoms with Crippen molar-refractivity contribution in [3.05, 3.63) is 12.7 Å². The minimum absolute atomic E-state index is 0. The number of aliphatic hydroxyl groups excluding tert-OH is 1. The van der Waals surface area contributed by atoms with Gasteiger partial charge in [-0.3, -0.25) is 9.11 Å². The van der Waals surface area contributed by atoms with Gasteiger partial charge in [-0.1, -0.05) is 6.08 Å². The summed E-state index contributed by atoms with van der Waals surface area (Å²) < 4.78 is 31.6. The molecule has 0 aromatic heterocycles. The van der Waals surface area contributed by atoms with Crippen LogP contribution < -0.4 is 12.3 Å². The highest BCUT2D eigenvalue weighted by Crippen LogP contribution is 1.59. The van der Waals surface area contributed by atoms with E-state index in [9.17, 15) is 0 Å². The lowest BCUT2D eigenvalue weighted by molar-refractivity contribution is 0.343. The Kier molecular flexibility index (Phi) is 24.9. The first-order valence-electron chi connectivity index (χ1n) is 1.83. The van der Waals surface area contributed by atoms with Gasteiger partial charge in [0.15, 0.2) is 0 Å². The van der Waals surface area contributed by atoms with Gasteiger partial charge >= 0.3 is 10.4 Å². The molecule has 0 atom stereocenters. The van der Waals surface area contributed by atoms with Gasteiger partial charge in [-0.2, -0.15) is 8.42 Å². The summed E-state index contributed by atoms with van der Waals surface area (Å²) in [5.74, 6) is 0. The van der Waals surface area contributed by atoms with Crippen molar-refractivity contribution in [3.8, 4) is 0 Å². The van der Waals surface area contributed by atoms with E-state index in [1.807, 2.05) is 0 Å². The molecule has 9 N–H and O–H groups in total. The van der Waals surface area contributed by atoms with E-state index >= 15 is 0 Å². The molecule has 0 saturated heterocycles. The first-order valence-corrected chi connectivity index (χ1v) is 3.23. The predicted molar refractivity (Wildman–Crippen MR) is 41.5 cm³/mol. The molecule has 0 aliphatic rings. The maximum atomic E-state index is 8.74. The molecule has 0 heterocycles. The van der Waals surface area contributed by atoms with E-state index in [0.29, 0.717) is 0 Å². The lowest BCUT2D eigenvalue weighted by atomic mass is 10.7. The summed E-state index contributed by atoms with van der Waals surface area (Å²) in [5.41, 5.74) is 0. The number of hydrogen-bond acceptors (Lipinski definition) is 5. The smallest absolute Gasteiger partial charge is 0.392 e. The molecule has 0 saturated carbocycles. The maximum absolute atomic E-state index is 8.74. The van der Waals surface area contributed by atoms with Crippen LogP contribution >= 0.6 is 0 Å². The van der Waals surface area contributed by atoms with Crippen LogP contribution in [0.5, 0.6) is 0 Å². The van der Waals surface area contributed by atoms with Crippen LogP contribution in [0.1, 0.15) is 0 Å². The molecule has 8 heteroatoms. The second-order valence-corrected chi connectivity index (χ2v) is 1.81. The third-order valence-corrected chi connectivity index (χ3v) is 0.129. The molecule has 0 aromatic rings. The van der Waals surface area contributed by atoms with Gasteiger partial charge < -0.3 is 17.4 Å². The zero-order valence-corrected chi connectivity index (χ0v) is 6.79. The molecular weight excluding hydrogens is 176 g/mol. The molecule has 11 heavy (non-hydrogen) atoms. The molecule has 72 valence electrons. The Labute approximate surface area is 65.5 Å². The summed E-state index contributed by atoms with van der Waals surface area (Å²) in [4.78, 5) is 0. The van der Waals surface area contributed by atoms with Crippen molar-refractivity contribution in [1.29, 1.82) is 0 Å². The third-order valence-electron chi connectivity index (χ3n) is 0.129. The highest BCUT2D eigenvalue weighted by molar-refractivity contribution is 7.79. The Balaban J connectivity index is -0.0000000383. The minimum atomic E-state index is -4.67. The molecule has 0 bridgehead atoms. The molecular formula is C3H14N2O5S. The van der Waals surface area contributed by atoms with E-state index in [-0.39, 0.29) is 18.9 Å². The molecule has 7 nitrogen and oxygen atoms in total. The fraction of sp³-hybridized carbons (Fsp3) is 0.333. The molecule has 0 aromatic carbocycles. The van der Waals surface area contributed by atoms with Crippen molar-refractivity contribution in [1.82, 2.24) is 12.3 Å². The lowest BCUT2D eigenvalue weighted by Gasteiger charge is -1.68. The van der Waals surface area contributed by atoms with Gasteiger partial charge in [0.05, 0.1) is 6.61 Å². The van der Waals surface area contributed by atoms with Gasteiger partial charge in [-0.25, -0.2) is 0 Å². The molecule has 0 amide bonds. The van der Waals surface area contributed by atoms with Gasteiger partial charge in [0.2, 0.25) is 0 Å². The average Bonchev–Trinajstić information content (AvgIpc) is 1.61. The molecule has 0 unspecified atom stereocenters. The topological polar surface area (TPSA) is 165 Å².